The Morgan fingerprint density at radius 3 is 2.00 bits per heavy atom. The molecule has 0 radical (unpaired) electrons. The minimum Gasteiger partial charge on any atom is -0.455 e. The molecule has 12 nitrogen and oxygen atoms in total. The summed E-state index contributed by atoms with van der Waals surface area (Å²) in [6, 6.07) is 15.7. The number of ketones is 2. The molecule has 0 unspecified atom stereocenters. The average Bonchev–Trinajstić information content (AvgIpc) is 3.88. The number of carbonyl (C=O) groups excluding carboxylic acids is 3. The Labute approximate surface area is 295 Å². The summed E-state index contributed by atoms with van der Waals surface area (Å²) < 4.78 is 69.4. The third kappa shape index (κ3) is 10.1. The van der Waals surface area contributed by atoms with Gasteiger partial charge in [0, 0.05) is 22.6 Å². The van der Waals surface area contributed by atoms with Crippen LogP contribution in [0.2, 0.25) is 0 Å². The van der Waals surface area contributed by atoms with E-state index in [2.05, 4.69) is 0 Å². The lowest BCUT2D eigenvalue weighted by Gasteiger charge is -2.25. The van der Waals surface area contributed by atoms with Gasteiger partial charge < -0.3 is 29.1 Å². The van der Waals surface area contributed by atoms with Gasteiger partial charge in [0.05, 0.1) is 76.9 Å². The summed E-state index contributed by atoms with van der Waals surface area (Å²) in [5.74, 6) is -2.54. The highest BCUT2D eigenvalue weighted by Crippen LogP contribution is 2.48. The van der Waals surface area contributed by atoms with Gasteiger partial charge in [-0.05, 0) is 67.1 Å². The molecule has 272 valence electrons. The molecule has 0 spiro atoms. The normalized spacial score (nSPS) is 13.1. The van der Waals surface area contributed by atoms with Crippen molar-refractivity contribution in [3.8, 4) is 11.3 Å². The monoisotopic (exact) mass is 724 g/mol. The highest BCUT2D eigenvalue weighted by molar-refractivity contribution is 7.92. The molecule has 5 rings (SSSR count). The van der Waals surface area contributed by atoms with Crippen molar-refractivity contribution in [2.24, 2.45) is 5.73 Å². The number of hydrogen-bond acceptors (Lipinski definition) is 10. The summed E-state index contributed by atoms with van der Waals surface area (Å²) in [5, 5.41) is 0.319. The fraction of sp³-hybridized carbons (Fsp3) is 0.378. The quantitative estimate of drug-likeness (QED) is 0.0701. The van der Waals surface area contributed by atoms with Crippen LogP contribution in [0, 0.1) is 5.82 Å². The number of hydrogen-bond donors (Lipinski definition) is 1. The van der Waals surface area contributed by atoms with Gasteiger partial charge in [0.1, 0.15) is 17.2 Å². The maximum absolute atomic E-state index is 13.7. The topological polar surface area (TPSA) is 165 Å². The summed E-state index contributed by atoms with van der Waals surface area (Å²) in [6.07, 6.45) is 2.74. The zero-order valence-corrected chi connectivity index (χ0v) is 29.3. The number of carbonyl (C=O) groups is 3. The maximum Gasteiger partial charge on any atom is 0.289 e. The molecule has 3 aromatic carbocycles. The summed E-state index contributed by atoms with van der Waals surface area (Å²) in [4.78, 5) is 36.4. The number of ether oxygens (including phenoxy) is 4. The first-order valence-electron chi connectivity index (χ1n) is 16.5. The van der Waals surface area contributed by atoms with Crippen LogP contribution in [-0.4, -0.2) is 84.9 Å². The van der Waals surface area contributed by atoms with E-state index in [1.807, 2.05) is 12.1 Å². The highest BCUT2D eigenvalue weighted by Gasteiger charge is 2.34. The number of rotatable bonds is 21. The molecular formula is C37H41FN2O10S. The molecule has 14 heteroatoms. The second-order valence-electron chi connectivity index (χ2n) is 12.2. The van der Waals surface area contributed by atoms with Gasteiger partial charge in [-0.15, -0.1) is 0 Å². The van der Waals surface area contributed by atoms with Crippen molar-refractivity contribution >= 4 is 44.2 Å². The van der Waals surface area contributed by atoms with Gasteiger partial charge in [-0.2, -0.15) is 0 Å². The first kappa shape index (κ1) is 37.8. The predicted octanol–water partition coefficient (Wildman–Crippen LogP) is 5.02. The third-order valence-electron chi connectivity index (χ3n) is 8.26. The maximum atomic E-state index is 13.7. The second kappa shape index (κ2) is 17.2. The zero-order chi connectivity index (χ0) is 36.5. The smallest absolute Gasteiger partial charge is 0.289 e. The molecule has 0 atom stereocenters. The van der Waals surface area contributed by atoms with E-state index in [0.717, 1.165) is 24.7 Å². The van der Waals surface area contributed by atoms with E-state index in [9.17, 15) is 27.2 Å². The van der Waals surface area contributed by atoms with Crippen molar-refractivity contribution in [1.29, 1.82) is 0 Å². The number of nitrogens with two attached hydrogens (primary N) is 1. The Balaban J connectivity index is 1.13. The van der Waals surface area contributed by atoms with E-state index in [0.29, 0.717) is 60.8 Å². The van der Waals surface area contributed by atoms with Gasteiger partial charge in [-0.3, -0.25) is 18.7 Å². The van der Waals surface area contributed by atoms with Crippen LogP contribution in [0.5, 0.6) is 0 Å². The zero-order valence-electron chi connectivity index (χ0n) is 28.5. The lowest BCUT2D eigenvalue weighted by molar-refractivity contribution is -0.114. The van der Waals surface area contributed by atoms with E-state index in [4.69, 9.17) is 29.1 Å². The van der Waals surface area contributed by atoms with Crippen LogP contribution < -0.4 is 10.0 Å². The minimum absolute atomic E-state index is 0.00659. The van der Waals surface area contributed by atoms with Gasteiger partial charge in [-0.25, -0.2) is 12.8 Å². The van der Waals surface area contributed by atoms with Crippen molar-refractivity contribution in [2.45, 2.75) is 32.3 Å². The molecule has 1 aliphatic carbocycles. The van der Waals surface area contributed by atoms with Crippen LogP contribution in [0.1, 0.15) is 57.5 Å². The molecule has 0 bridgehead atoms. The largest absolute Gasteiger partial charge is 0.455 e. The first-order chi connectivity index (χ1) is 24.4. The molecule has 0 saturated heterocycles. The number of nitrogens with zero attached hydrogens (tertiary/aromatic N) is 1. The molecule has 51 heavy (non-hydrogen) atoms. The van der Waals surface area contributed by atoms with Gasteiger partial charge in [0.2, 0.25) is 10.0 Å². The summed E-state index contributed by atoms with van der Waals surface area (Å²) >= 11 is 0. The Kier molecular flexibility index (Phi) is 12.7. The number of halogens is 1. The van der Waals surface area contributed by atoms with Gasteiger partial charge in [0.25, 0.3) is 11.7 Å². The van der Waals surface area contributed by atoms with Crippen molar-refractivity contribution in [3.05, 3.63) is 88.7 Å². The highest BCUT2D eigenvalue weighted by atomic mass is 32.2. The Hall–Kier alpha value is -4.47. The van der Waals surface area contributed by atoms with E-state index < -0.39 is 27.5 Å². The predicted molar refractivity (Wildman–Crippen MR) is 188 cm³/mol. The van der Waals surface area contributed by atoms with Gasteiger partial charge in [0.15, 0.2) is 5.78 Å². The van der Waals surface area contributed by atoms with Gasteiger partial charge >= 0.3 is 0 Å². The first-order valence-corrected chi connectivity index (χ1v) is 18.4. The summed E-state index contributed by atoms with van der Waals surface area (Å²) in [6.45, 7) is 4.06. The number of Topliss-reactive ketones (excluding diaryl/α,β-unsaturated/α-hetero) is 2. The standard InChI is InChI=1S/C37H41FN2O10S/c1-24(41)26-5-3-25(4-6-26)23-49-20-19-48-18-17-47-16-15-46-14-13-40(51(2,44)45)32-22-33-31(21-30(32)27-7-8-27)34(35(42)37(39)43)36(50-33)28-9-11-29(38)12-10-28/h3-6,9-12,21-22,27H,7-8,13-20,23H2,1-2H3,(H2,39,43). The number of fused-ring (bicyclic) bond motifs is 1. The number of anilines is 1. The van der Waals surface area contributed by atoms with Crippen LogP contribution in [0.25, 0.3) is 22.3 Å². The van der Waals surface area contributed by atoms with E-state index in [-0.39, 0.29) is 55.0 Å². The molecule has 1 aliphatic rings. The van der Waals surface area contributed by atoms with Crippen molar-refractivity contribution in [2.75, 3.05) is 63.4 Å². The van der Waals surface area contributed by atoms with Crippen LogP contribution in [-0.2, 0) is 40.4 Å². The van der Waals surface area contributed by atoms with Crippen molar-refractivity contribution in [3.63, 3.8) is 0 Å². The SMILES string of the molecule is CC(=O)c1ccc(COCCOCCOCCOCCN(c2cc3oc(-c4ccc(F)cc4)c(C(=O)C(N)=O)c3cc2C2CC2)S(C)(=O)=O)cc1. The third-order valence-corrected chi connectivity index (χ3v) is 9.44. The number of benzene rings is 3. The fourth-order valence-corrected chi connectivity index (χ4v) is 6.46. The Morgan fingerprint density at radius 1 is 0.863 bits per heavy atom. The fourth-order valence-electron chi connectivity index (χ4n) is 5.54. The number of furan rings is 1. The van der Waals surface area contributed by atoms with E-state index in [1.165, 1.54) is 35.5 Å². The van der Waals surface area contributed by atoms with Crippen LogP contribution in [0.4, 0.5) is 10.1 Å². The lowest BCUT2D eigenvalue weighted by Crippen LogP contribution is -2.34. The number of primary amides is 1. The van der Waals surface area contributed by atoms with Crippen LogP contribution in [0.15, 0.2) is 65.1 Å². The number of amides is 1. The van der Waals surface area contributed by atoms with Crippen molar-refractivity contribution < 1.29 is 50.6 Å². The minimum atomic E-state index is -3.78. The van der Waals surface area contributed by atoms with Gasteiger partial charge in [-0.1, -0.05) is 24.3 Å². The molecule has 1 aromatic heterocycles. The molecule has 1 saturated carbocycles. The Morgan fingerprint density at radius 2 is 1.45 bits per heavy atom. The number of sulfonamides is 1. The molecule has 4 aromatic rings. The molecule has 1 amide bonds. The average molecular weight is 725 g/mol. The van der Waals surface area contributed by atoms with Crippen molar-refractivity contribution in [1.82, 2.24) is 0 Å². The van der Waals surface area contributed by atoms with E-state index >= 15 is 0 Å². The summed E-state index contributed by atoms with van der Waals surface area (Å²) in [7, 11) is -3.78. The Bertz CT molecular complexity index is 1960. The molecule has 1 heterocycles. The van der Waals surface area contributed by atoms with Crippen LogP contribution in [0.3, 0.4) is 0 Å². The molecule has 1 fully saturated rings. The lowest BCUT2D eigenvalue weighted by atomic mass is 9.98. The summed E-state index contributed by atoms with van der Waals surface area (Å²) in [5.41, 5.74) is 8.56. The molecule has 0 aliphatic heterocycles. The van der Waals surface area contributed by atoms with Crippen LogP contribution >= 0.6 is 0 Å². The second-order valence-corrected chi connectivity index (χ2v) is 14.1. The molecular weight excluding hydrogens is 683 g/mol. The van der Waals surface area contributed by atoms with E-state index in [1.54, 1.807) is 24.3 Å². The molecule has 2 N–H and O–H groups in total.